The van der Waals surface area contributed by atoms with Gasteiger partial charge in [-0.15, -0.1) is 0 Å². The Balaban J connectivity index is 3.15. The minimum absolute atomic E-state index is 0.173. The number of phenolic OH excluding ortho intramolecular Hbond substituents is 1. The van der Waals surface area contributed by atoms with Crippen LogP contribution in [-0.2, 0) is 0 Å². The fourth-order valence-electron chi connectivity index (χ4n) is 1.25. The minimum Gasteiger partial charge on any atom is -0.506 e. The second kappa shape index (κ2) is 4.33. The van der Waals surface area contributed by atoms with Crippen molar-refractivity contribution in [2.75, 3.05) is 0 Å². The van der Waals surface area contributed by atoms with E-state index in [9.17, 15) is 5.11 Å². The van der Waals surface area contributed by atoms with E-state index < -0.39 is 0 Å². The molecular formula is C11H13ClO. The van der Waals surface area contributed by atoms with Crippen LogP contribution in [0.25, 0.3) is 5.57 Å². The summed E-state index contributed by atoms with van der Waals surface area (Å²) in [6, 6.07) is 5.38. The molecule has 1 aromatic rings. The summed E-state index contributed by atoms with van der Waals surface area (Å²) in [4.78, 5) is 0. The Kier molecular flexibility index (Phi) is 3.38. The molecule has 1 rings (SSSR count). The third kappa shape index (κ3) is 2.25. The lowest BCUT2D eigenvalue weighted by molar-refractivity contribution is 0.474. The summed E-state index contributed by atoms with van der Waals surface area (Å²) >= 11 is 5.78. The van der Waals surface area contributed by atoms with E-state index in [4.69, 9.17) is 11.6 Å². The summed E-state index contributed by atoms with van der Waals surface area (Å²) in [7, 11) is 0. The van der Waals surface area contributed by atoms with E-state index in [0.717, 1.165) is 17.6 Å². The summed E-state index contributed by atoms with van der Waals surface area (Å²) < 4.78 is 0. The molecule has 0 atom stereocenters. The summed E-state index contributed by atoms with van der Waals surface area (Å²) in [6.07, 6.45) is 3.02. The number of benzene rings is 1. The van der Waals surface area contributed by atoms with Gasteiger partial charge in [0.2, 0.25) is 0 Å². The van der Waals surface area contributed by atoms with Gasteiger partial charge in [-0.05, 0) is 25.0 Å². The fraction of sp³-hybridized carbons (Fsp3) is 0.273. The molecule has 1 aromatic carbocycles. The molecular weight excluding hydrogens is 184 g/mol. The van der Waals surface area contributed by atoms with Gasteiger partial charge in [0.15, 0.2) is 0 Å². The zero-order valence-corrected chi connectivity index (χ0v) is 8.60. The van der Waals surface area contributed by atoms with Crippen LogP contribution in [0, 0.1) is 0 Å². The molecule has 0 amide bonds. The quantitative estimate of drug-likeness (QED) is 0.762. The lowest BCUT2D eigenvalue weighted by atomic mass is 10.1. The van der Waals surface area contributed by atoms with Crippen LogP contribution in [0.4, 0.5) is 0 Å². The van der Waals surface area contributed by atoms with Gasteiger partial charge in [0.25, 0.3) is 0 Å². The summed E-state index contributed by atoms with van der Waals surface area (Å²) in [5.74, 6) is 0.173. The molecule has 0 aliphatic carbocycles. The predicted octanol–water partition coefficient (Wildman–Crippen LogP) is 3.86. The molecule has 1 N–H and O–H groups in total. The Bertz CT molecular complexity index is 329. The van der Waals surface area contributed by atoms with Gasteiger partial charge in [-0.1, -0.05) is 36.7 Å². The highest BCUT2D eigenvalue weighted by Crippen LogP contribution is 2.31. The van der Waals surface area contributed by atoms with Crippen LogP contribution in [0.1, 0.15) is 25.8 Å². The first-order valence-electron chi connectivity index (χ1n) is 4.31. The molecule has 2 heteroatoms. The molecule has 0 bridgehead atoms. The summed E-state index contributed by atoms with van der Waals surface area (Å²) in [5.41, 5.74) is 1.87. The van der Waals surface area contributed by atoms with Gasteiger partial charge < -0.3 is 5.11 Å². The van der Waals surface area contributed by atoms with Gasteiger partial charge in [-0.2, -0.15) is 0 Å². The van der Waals surface area contributed by atoms with Crippen molar-refractivity contribution >= 4 is 17.2 Å². The third-order valence-corrected chi connectivity index (χ3v) is 2.23. The molecule has 0 radical (unpaired) electrons. The highest BCUT2D eigenvalue weighted by molar-refractivity contribution is 6.32. The van der Waals surface area contributed by atoms with Crippen LogP contribution in [-0.4, -0.2) is 5.11 Å². The minimum atomic E-state index is 0.173. The van der Waals surface area contributed by atoms with E-state index in [1.807, 2.05) is 19.1 Å². The van der Waals surface area contributed by atoms with Crippen LogP contribution in [0.3, 0.4) is 0 Å². The van der Waals surface area contributed by atoms with Crippen molar-refractivity contribution in [3.63, 3.8) is 0 Å². The Morgan fingerprint density at radius 2 is 2.23 bits per heavy atom. The van der Waals surface area contributed by atoms with E-state index in [1.165, 1.54) is 0 Å². The maximum Gasteiger partial charge on any atom is 0.141 e. The van der Waals surface area contributed by atoms with E-state index in [2.05, 4.69) is 13.0 Å². The first kappa shape index (κ1) is 10.1. The van der Waals surface area contributed by atoms with Gasteiger partial charge in [0.05, 0.1) is 5.02 Å². The average molecular weight is 197 g/mol. The van der Waals surface area contributed by atoms with Gasteiger partial charge in [0.1, 0.15) is 5.75 Å². The van der Waals surface area contributed by atoms with Crippen molar-refractivity contribution in [1.29, 1.82) is 0 Å². The first-order chi connectivity index (χ1) is 6.16. The molecule has 0 saturated heterocycles. The molecule has 0 spiro atoms. The molecule has 0 saturated carbocycles. The standard InChI is InChI=1S/C11H13ClO/c1-3-5-8(2)9-6-4-7-10(12)11(9)13/h4-7,13H,3H2,1-2H3. The largest absolute Gasteiger partial charge is 0.506 e. The van der Waals surface area contributed by atoms with Crippen molar-refractivity contribution in [3.8, 4) is 5.75 Å². The molecule has 0 unspecified atom stereocenters. The number of para-hydroxylation sites is 1. The topological polar surface area (TPSA) is 20.2 Å². The van der Waals surface area contributed by atoms with E-state index in [1.54, 1.807) is 6.07 Å². The van der Waals surface area contributed by atoms with Crippen LogP contribution in [0.2, 0.25) is 5.02 Å². The van der Waals surface area contributed by atoms with Crippen LogP contribution in [0.5, 0.6) is 5.75 Å². The first-order valence-corrected chi connectivity index (χ1v) is 4.69. The van der Waals surface area contributed by atoms with E-state index in [0.29, 0.717) is 5.02 Å². The van der Waals surface area contributed by atoms with E-state index in [-0.39, 0.29) is 5.75 Å². The van der Waals surface area contributed by atoms with Crippen LogP contribution in [0.15, 0.2) is 24.3 Å². The highest BCUT2D eigenvalue weighted by atomic mass is 35.5. The lowest BCUT2D eigenvalue weighted by Gasteiger charge is -2.05. The third-order valence-electron chi connectivity index (χ3n) is 1.92. The smallest absolute Gasteiger partial charge is 0.141 e. The normalized spacial score (nSPS) is 11.8. The number of hydrogen-bond acceptors (Lipinski definition) is 1. The molecule has 70 valence electrons. The number of hydrogen-bond donors (Lipinski definition) is 1. The average Bonchev–Trinajstić information content (AvgIpc) is 2.10. The van der Waals surface area contributed by atoms with Crippen LogP contribution < -0.4 is 0 Å². The Labute approximate surface area is 83.7 Å². The molecule has 0 aliphatic rings. The second-order valence-electron chi connectivity index (χ2n) is 2.93. The molecule has 1 nitrogen and oxygen atoms in total. The highest BCUT2D eigenvalue weighted by Gasteiger charge is 2.05. The summed E-state index contributed by atoms with van der Waals surface area (Å²) in [6.45, 7) is 4.03. The van der Waals surface area contributed by atoms with Gasteiger partial charge >= 0.3 is 0 Å². The van der Waals surface area contributed by atoms with Crippen molar-refractivity contribution in [2.24, 2.45) is 0 Å². The molecule has 0 aromatic heterocycles. The number of phenols is 1. The van der Waals surface area contributed by atoms with E-state index >= 15 is 0 Å². The Hall–Kier alpha value is -0.950. The van der Waals surface area contributed by atoms with Gasteiger partial charge in [-0.3, -0.25) is 0 Å². The molecule has 0 heterocycles. The number of halogens is 1. The monoisotopic (exact) mass is 196 g/mol. The zero-order valence-electron chi connectivity index (χ0n) is 7.84. The Morgan fingerprint density at radius 1 is 1.54 bits per heavy atom. The molecule has 0 aliphatic heterocycles. The second-order valence-corrected chi connectivity index (χ2v) is 3.34. The maximum absolute atomic E-state index is 9.62. The number of allylic oxidation sites excluding steroid dienone is 2. The maximum atomic E-state index is 9.62. The van der Waals surface area contributed by atoms with Crippen molar-refractivity contribution in [2.45, 2.75) is 20.3 Å². The van der Waals surface area contributed by atoms with Gasteiger partial charge in [-0.25, -0.2) is 0 Å². The fourth-order valence-corrected chi connectivity index (χ4v) is 1.42. The van der Waals surface area contributed by atoms with Crippen LogP contribution >= 0.6 is 11.6 Å². The van der Waals surface area contributed by atoms with Crippen molar-refractivity contribution < 1.29 is 5.11 Å². The molecule has 0 fully saturated rings. The van der Waals surface area contributed by atoms with Gasteiger partial charge in [0, 0.05) is 5.56 Å². The molecule has 13 heavy (non-hydrogen) atoms. The van der Waals surface area contributed by atoms with Crippen molar-refractivity contribution in [1.82, 2.24) is 0 Å². The summed E-state index contributed by atoms with van der Waals surface area (Å²) in [5, 5.41) is 10.0. The lowest BCUT2D eigenvalue weighted by Crippen LogP contribution is -1.81. The van der Waals surface area contributed by atoms with Crippen molar-refractivity contribution in [3.05, 3.63) is 34.9 Å². The SMILES string of the molecule is CCC=C(C)c1cccc(Cl)c1O. The predicted molar refractivity (Wildman–Crippen MR) is 57.1 cm³/mol. The number of rotatable bonds is 2. The number of aromatic hydroxyl groups is 1. The Morgan fingerprint density at radius 3 is 2.85 bits per heavy atom. The zero-order chi connectivity index (χ0) is 9.84.